The van der Waals surface area contributed by atoms with Crippen molar-refractivity contribution < 1.29 is 4.42 Å². The molecular formula is C28H17NO. The highest BCUT2D eigenvalue weighted by Crippen LogP contribution is 2.41. The number of benzene rings is 5. The van der Waals surface area contributed by atoms with Crippen LogP contribution in [0.5, 0.6) is 0 Å². The molecule has 0 amide bonds. The molecule has 0 aliphatic heterocycles. The Balaban J connectivity index is 1.76. The molecule has 2 nitrogen and oxygen atoms in total. The van der Waals surface area contributed by atoms with Gasteiger partial charge in [-0.15, -0.1) is 0 Å². The second kappa shape index (κ2) is 5.74. The van der Waals surface area contributed by atoms with Crippen LogP contribution in [0.2, 0.25) is 0 Å². The van der Waals surface area contributed by atoms with Crippen LogP contribution in [0, 0.1) is 0 Å². The third-order valence-electron chi connectivity index (χ3n) is 6.18. The van der Waals surface area contributed by atoms with Gasteiger partial charge in [0.15, 0.2) is 5.58 Å². The number of furan rings is 1. The zero-order chi connectivity index (χ0) is 19.7. The molecule has 2 heteroatoms. The summed E-state index contributed by atoms with van der Waals surface area (Å²) in [6.07, 6.45) is 0. The van der Waals surface area contributed by atoms with E-state index < -0.39 is 0 Å². The molecule has 0 radical (unpaired) electrons. The summed E-state index contributed by atoms with van der Waals surface area (Å²) in [5.74, 6) is 0. The molecule has 2 heterocycles. The maximum atomic E-state index is 6.65. The van der Waals surface area contributed by atoms with Crippen molar-refractivity contribution in [2.75, 3.05) is 0 Å². The Bertz CT molecular complexity index is 1740. The molecule has 0 aliphatic rings. The summed E-state index contributed by atoms with van der Waals surface area (Å²) in [5, 5.41) is 7.12. The molecule has 0 saturated carbocycles. The van der Waals surface area contributed by atoms with Gasteiger partial charge < -0.3 is 8.98 Å². The third-order valence-corrected chi connectivity index (χ3v) is 6.18. The first-order valence-electron chi connectivity index (χ1n) is 10.2. The molecule has 0 saturated heterocycles. The van der Waals surface area contributed by atoms with Gasteiger partial charge in [0.2, 0.25) is 0 Å². The Morgan fingerprint density at radius 1 is 0.467 bits per heavy atom. The Kier molecular flexibility index (Phi) is 3.03. The Hall–Kier alpha value is -4.04. The van der Waals surface area contributed by atoms with Gasteiger partial charge in [0.25, 0.3) is 0 Å². The standard InChI is InChI=1S/C28H17NO/c1-2-9-19(10-3-1)29-25-13-7-6-12-21(25)22-16-17-24-23-15-14-18-8-4-5-11-20(18)27(23)30-28(24)26(22)29/h1-17H. The van der Waals surface area contributed by atoms with Gasteiger partial charge >= 0.3 is 0 Å². The number of rotatable bonds is 1. The third kappa shape index (κ3) is 1.98. The molecule has 30 heavy (non-hydrogen) atoms. The highest BCUT2D eigenvalue weighted by Gasteiger charge is 2.19. The number of hydrogen-bond acceptors (Lipinski definition) is 1. The van der Waals surface area contributed by atoms with Gasteiger partial charge in [-0.1, -0.05) is 72.8 Å². The first kappa shape index (κ1) is 15.8. The van der Waals surface area contributed by atoms with Crippen LogP contribution >= 0.6 is 0 Å². The molecule has 0 atom stereocenters. The monoisotopic (exact) mass is 383 g/mol. The van der Waals surface area contributed by atoms with Crippen LogP contribution < -0.4 is 0 Å². The van der Waals surface area contributed by atoms with Crippen molar-refractivity contribution in [3.63, 3.8) is 0 Å². The van der Waals surface area contributed by atoms with Gasteiger partial charge in [-0.25, -0.2) is 0 Å². The van der Waals surface area contributed by atoms with Crippen molar-refractivity contribution in [1.82, 2.24) is 4.57 Å². The zero-order valence-corrected chi connectivity index (χ0v) is 16.2. The van der Waals surface area contributed by atoms with Crippen LogP contribution in [0.4, 0.5) is 0 Å². The molecule has 0 spiro atoms. The maximum absolute atomic E-state index is 6.65. The first-order chi connectivity index (χ1) is 14.9. The molecular weight excluding hydrogens is 366 g/mol. The molecule has 7 aromatic rings. The van der Waals surface area contributed by atoms with E-state index >= 15 is 0 Å². The van der Waals surface area contributed by atoms with Crippen molar-refractivity contribution >= 4 is 54.5 Å². The second-order valence-corrected chi connectivity index (χ2v) is 7.79. The number of nitrogens with zero attached hydrogens (tertiary/aromatic N) is 1. The summed E-state index contributed by atoms with van der Waals surface area (Å²) in [6, 6.07) is 36.4. The molecule has 7 rings (SSSR count). The summed E-state index contributed by atoms with van der Waals surface area (Å²) < 4.78 is 8.98. The highest BCUT2D eigenvalue weighted by atomic mass is 16.3. The van der Waals surface area contributed by atoms with Gasteiger partial charge in [-0.3, -0.25) is 0 Å². The van der Waals surface area contributed by atoms with Crippen LogP contribution in [-0.2, 0) is 0 Å². The van der Waals surface area contributed by atoms with Crippen LogP contribution in [-0.4, -0.2) is 4.57 Å². The zero-order valence-electron chi connectivity index (χ0n) is 16.2. The molecule has 5 aromatic carbocycles. The van der Waals surface area contributed by atoms with E-state index in [1.807, 2.05) is 0 Å². The summed E-state index contributed by atoms with van der Waals surface area (Å²) in [5.41, 5.74) is 5.36. The van der Waals surface area contributed by atoms with E-state index in [1.54, 1.807) is 0 Å². The van der Waals surface area contributed by atoms with Crippen LogP contribution in [0.3, 0.4) is 0 Å². The van der Waals surface area contributed by atoms with Gasteiger partial charge in [-0.2, -0.15) is 0 Å². The van der Waals surface area contributed by atoms with Crippen molar-refractivity contribution in [2.24, 2.45) is 0 Å². The van der Waals surface area contributed by atoms with Crippen LogP contribution in [0.25, 0.3) is 60.2 Å². The summed E-state index contributed by atoms with van der Waals surface area (Å²) >= 11 is 0. The molecule has 0 N–H and O–H groups in total. The number of para-hydroxylation sites is 2. The van der Waals surface area contributed by atoms with Crippen molar-refractivity contribution in [1.29, 1.82) is 0 Å². The van der Waals surface area contributed by atoms with Gasteiger partial charge in [0, 0.05) is 32.6 Å². The highest BCUT2D eigenvalue weighted by molar-refractivity contribution is 6.24. The number of fused-ring (bicyclic) bond motifs is 9. The first-order valence-corrected chi connectivity index (χ1v) is 10.2. The average Bonchev–Trinajstić information content (AvgIpc) is 3.36. The van der Waals surface area contributed by atoms with Gasteiger partial charge in [0.05, 0.1) is 11.0 Å². The molecule has 2 aromatic heterocycles. The predicted octanol–water partition coefficient (Wildman–Crippen LogP) is 7.84. The minimum Gasteiger partial charge on any atom is -0.453 e. The van der Waals surface area contributed by atoms with E-state index in [1.165, 1.54) is 21.7 Å². The second-order valence-electron chi connectivity index (χ2n) is 7.79. The largest absolute Gasteiger partial charge is 0.453 e. The molecule has 0 aliphatic carbocycles. The minimum atomic E-state index is 0.943. The Morgan fingerprint density at radius 2 is 1.13 bits per heavy atom. The fourth-order valence-corrected chi connectivity index (χ4v) is 4.86. The fourth-order valence-electron chi connectivity index (χ4n) is 4.86. The van der Waals surface area contributed by atoms with Crippen LogP contribution in [0.1, 0.15) is 0 Å². The van der Waals surface area contributed by atoms with Gasteiger partial charge in [-0.05, 0) is 35.7 Å². The van der Waals surface area contributed by atoms with Crippen molar-refractivity contribution in [3.8, 4) is 5.69 Å². The van der Waals surface area contributed by atoms with E-state index in [9.17, 15) is 0 Å². The van der Waals surface area contributed by atoms with E-state index in [4.69, 9.17) is 4.42 Å². The predicted molar refractivity (Wildman–Crippen MR) is 126 cm³/mol. The molecule has 140 valence electrons. The average molecular weight is 383 g/mol. The van der Waals surface area contributed by atoms with Crippen molar-refractivity contribution in [3.05, 3.63) is 103 Å². The number of hydrogen-bond donors (Lipinski definition) is 0. The Morgan fingerprint density at radius 3 is 2.03 bits per heavy atom. The minimum absolute atomic E-state index is 0.943. The fraction of sp³-hybridized carbons (Fsp3) is 0. The van der Waals surface area contributed by atoms with Gasteiger partial charge in [0.1, 0.15) is 5.58 Å². The SMILES string of the molecule is c1ccc(-n2c3ccccc3c3ccc4c5ccc6ccccc6c5oc4c32)cc1. The Labute approximate surface area is 172 Å². The molecule has 0 bridgehead atoms. The summed E-state index contributed by atoms with van der Waals surface area (Å²) in [7, 11) is 0. The lowest BCUT2D eigenvalue weighted by atomic mass is 10.0. The van der Waals surface area contributed by atoms with E-state index in [0.717, 1.165) is 38.5 Å². The topological polar surface area (TPSA) is 18.1 Å². The summed E-state index contributed by atoms with van der Waals surface area (Å²) in [4.78, 5) is 0. The molecule has 0 fully saturated rings. The van der Waals surface area contributed by atoms with E-state index in [-0.39, 0.29) is 0 Å². The lowest BCUT2D eigenvalue weighted by molar-refractivity contribution is 0.675. The van der Waals surface area contributed by atoms with Crippen LogP contribution in [0.15, 0.2) is 108 Å². The lowest BCUT2D eigenvalue weighted by Crippen LogP contribution is -1.93. The summed E-state index contributed by atoms with van der Waals surface area (Å²) in [6.45, 7) is 0. The van der Waals surface area contributed by atoms with E-state index in [2.05, 4.69) is 108 Å². The van der Waals surface area contributed by atoms with Crippen molar-refractivity contribution in [2.45, 2.75) is 0 Å². The quantitative estimate of drug-likeness (QED) is 0.282. The normalized spacial score (nSPS) is 12.0. The number of aromatic nitrogens is 1. The molecule has 0 unspecified atom stereocenters. The smallest absolute Gasteiger partial charge is 0.160 e. The maximum Gasteiger partial charge on any atom is 0.160 e. The lowest BCUT2D eigenvalue weighted by Gasteiger charge is -2.07. The van der Waals surface area contributed by atoms with E-state index in [0.29, 0.717) is 0 Å².